The van der Waals surface area contributed by atoms with E-state index in [-0.39, 0.29) is 56.6 Å². The summed E-state index contributed by atoms with van der Waals surface area (Å²) >= 11 is 1.01. The number of rotatable bonds is 14. The molecule has 1 fully saturated rings. The predicted octanol–water partition coefficient (Wildman–Crippen LogP) is 0.913. The Morgan fingerprint density at radius 3 is 2.44 bits per heavy atom. The fraction of sp³-hybridized carbons (Fsp3) is 0.762. The summed E-state index contributed by atoms with van der Waals surface area (Å²) in [6.07, 6.45) is -1.09. The Morgan fingerprint density at radius 1 is 1.11 bits per heavy atom. The van der Waals surface area contributed by atoms with Gasteiger partial charge in [-0.3, -0.25) is 33.0 Å². The van der Waals surface area contributed by atoms with Crippen LogP contribution in [-0.2, 0) is 47.1 Å². The minimum Gasteiger partial charge on any atom is -0.468 e. The molecule has 0 aromatic heterocycles. The summed E-state index contributed by atoms with van der Waals surface area (Å²) in [5, 5.41) is 7.50. The summed E-state index contributed by atoms with van der Waals surface area (Å²) < 4.78 is 33.0. The summed E-state index contributed by atoms with van der Waals surface area (Å²) in [6.45, 7) is 6.94. The minimum absolute atomic E-state index is 0.00334. The van der Waals surface area contributed by atoms with Crippen LogP contribution in [0.2, 0.25) is 0 Å². The molecule has 3 atom stereocenters. The highest BCUT2D eigenvalue weighted by atomic mass is 32.2. The van der Waals surface area contributed by atoms with Crippen LogP contribution in [0.4, 0.5) is 0 Å². The molecule has 2 amide bonds. The number of hydrogen-bond acceptors (Lipinski definition) is 11. The van der Waals surface area contributed by atoms with Crippen molar-refractivity contribution in [3.05, 3.63) is 0 Å². The average Bonchev–Trinajstić information content (AvgIpc) is 2.81. The molecule has 0 bridgehead atoms. The Balaban J connectivity index is 2.39. The summed E-state index contributed by atoms with van der Waals surface area (Å²) in [5.74, 6) is -1.66. The zero-order valence-corrected chi connectivity index (χ0v) is 23.0. The van der Waals surface area contributed by atoms with E-state index in [1.165, 1.54) is 14.0 Å². The highest BCUT2D eigenvalue weighted by Gasteiger charge is 2.48. The van der Waals surface area contributed by atoms with Gasteiger partial charge in [-0.2, -0.15) is 0 Å². The molecule has 1 aliphatic heterocycles. The maximum Gasteiger partial charge on any atom is 0.407 e. The van der Waals surface area contributed by atoms with Gasteiger partial charge >= 0.3 is 19.7 Å². The number of carbonyl (C=O) groups excluding carboxylic acids is 5. The minimum atomic E-state index is -3.97. The monoisotopic (exact) mass is 553 g/mol. The molecule has 0 aromatic carbocycles. The number of methoxy groups -OCH3 is 1. The molecule has 1 unspecified atom stereocenters. The standard InChI is InChI=1S/C21H36N3O10PS/c1-6-32-16(26)7-8-17(27)36-12-11-22-15(25)9-10-23-19(28)18-21(3,4)13-33-35(30,34-18)24-14(2)20(29)31-5/h14,18H,6-13H2,1-5H3,(H,22,25)(H,23,28)(H,24,30)/t14-,18-,35?/m0/s1. The first-order valence-electron chi connectivity index (χ1n) is 11.5. The maximum absolute atomic E-state index is 12.9. The van der Waals surface area contributed by atoms with Crippen LogP contribution in [0, 0.1) is 5.41 Å². The number of carbonyl (C=O) groups is 5. The Hall–Kier alpha value is -1.99. The summed E-state index contributed by atoms with van der Waals surface area (Å²) in [7, 11) is -2.78. The van der Waals surface area contributed by atoms with Crippen molar-refractivity contribution in [2.45, 2.75) is 59.1 Å². The van der Waals surface area contributed by atoms with Crippen molar-refractivity contribution >= 4 is 48.4 Å². The van der Waals surface area contributed by atoms with Crippen LogP contribution in [0.15, 0.2) is 0 Å². The van der Waals surface area contributed by atoms with Crippen LogP contribution in [0.25, 0.3) is 0 Å². The molecule has 3 N–H and O–H groups in total. The van der Waals surface area contributed by atoms with Gasteiger partial charge in [-0.15, -0.1) is 0 Å². The van der Waals surface area contributed by atoms with Gasteiger partial charge in [0, 0.05) is 37.1 Å². The molecule has 0 radical (unpaired) electrons. The average molecular weight is 554 g/mol. The molecule has 0 aromatic rings. The zero-order valence-electron chi connectivity index (χ0n) is 21.2. The van der Waals surface area contributed by atoms with Crippen molar-refractivity contribution in [1.82, 2.24) is 15.7 Å². The Labute approximate surface area is 215 Å². The molecule has 36 heavy (non-hydrogen) atoms. The summed E-state index contributed by atoms with van der Waals surface area (Å²) in [6, 6.07) is -0.986. The van der Waals surface area contributed by atoms with E-state index in [2.05, 4.69) is 20.5 Å². The number of hydrogen-bond donors (Lipinski definition) is 3. The van der Waals surface area contributed by atoms with Crippen LogP contribution in [-0.4, -0.2) is 80.2 Å². The summed E-state index contributed by atoms with van der Waals surface area (Å²) in [5.41, 5.74) is -0.826. The van der Waals surface area contributed by atoms with Crippen LogP contribution in [0.1, 0.15) is 47.0 Å². The Morgan fingerprint density at radius 2 is 1.81 bits per heavy atom. The molecular weight excluding hydrogens is 517 g/mol. The quantitative estimate of drug-likeness (QED) is 0.158. The van der Waals surface area contributed by atoms with E-state index in [0.29, 0.717) is 5.75 Å². The van der Waals surface area contributed by atoms with Gasteiger partial charge < -0.3 is 20.1 Å². The topological polar surface area (TPSA) is 175 Å². The molecule has 0 aliphatic carbocycles. The Kier molecular flexibility index (Phi) is 13.6. The first-order valence-corrected chi connectivity index (χ1v) is 14.0. The van der Waals surface area contributed by atoms with Crippen LogP contribution in [0.5, 0.6) is 0 Å². The maximum atomic E-state index is 12.9. The number of esters is 2. The van der Waals surface area contributed by atoms with Crippen molar-refractivity contribution in [2.75, 3.05) is 39.2 Å². The first kappa shape index (κ1) is 32.0. The molecular formula is C21H36N3O10PS. The molecule has 1 aliphatic rings. The molecule has 0 spiro atoms. The lowest BCUT2D eigenvalue weighted by Gasteiger charge is -2.40. The molecule has 1 saturated heterocycles. The second-order valence-electron chi connectivity index (χ2n) is 8.54. The second kappa shape index (κ2) is 15.3. The SMILES string of the molecule is CCOC(=O)CCC(=O)SCCNC(=O)CCNC(=O)[C@@H]1OP(=O)(N[C@@H](C)C(=O)OC)OCC1(C)C. The van der Waals surface area contributed by atoms with Gasteiger partial charge in [0.1, 0.15) is 6.04 Å². The van der Waals surface area contributed by atoms with Gasteiger partial charge in [-0.05, 0) is 13.8 Å². The lowest BCUT2D eigenvalue weighted by Crippen LogP contribution is -2.51. The normalized spacial score (nSPS) is 21.6. The van der Waals surface area contributed by atoms with E-state index < -0.39 is 43.2 Å². The largest absolute Gasteiger partial charge is 0.468 e. The molecule has 15 heteroatoms. The molecule has 0 saturated carbocycles. The first-order chi connectivity index (χ1) is 16.8. The number of nitrogens with one attached hydrogen (secondary N) is 3. The van der Waals surface area contributed by atoms with Gasteiger partial charge in [0.25, 0.3) is 0 Å². The predicted molar refractivity (Wildman–Crippen MR) is 131 cm³/mol. The fourth-order valence-corrected chi connectivity index (χ4v) is 5.54. The van der Waals surface area contributed by atoms with E-state index in [9.17, 15) is 28.5 Å². The highest BCUT2D eigenvalue weighted by molar-refractivity contribution is 8.13. The van der Waals surface area contributed by atoms with Crippen molar-refractivity contribution in [3.8, 4) is 0 Å². The van der Waals surface area contributed by atoms with Crippen LogP contribution in [0.3, 0.4) is 0 Å². The fourth-order valence-electron chi connectivity index (χ4n) is 2.92. The third-order valence-corrected chi connectivity index (χ3v) is 7.48. The zero-order chi connectivity index (χ0) is 27.4. The van der Waals surface area contributed by atoms with Gasteiger partial charge in [0.2, 0.25) is 11.8 Å². The Bertz CT molecular complexity index is 854. The number of amides is 2. The second-order valence-corrected chi connectivity index (χ2v) is 11.4. The van der Waals surface area contributed by atoms with Crippen molar-refractivity contribution in [3.63, 3.8) is 0 Å². The van der Waals surface area contributed by atoms with Gasteiger partial charge in [0.15, 0.2) is 11.2 Å². The van der Waals surface area contributed by atoms with Crippen LogP contribution >= 0.6 is 19.5 Å². The van der Waals surface area contributed by atoms with Crippen molar-refractivity contribution in [1.29, 1.82) is 0 Å². The van der Waals surface area contributed by atoms with Gasteiger partial charge in [-0.1, -0.05) is 25.6 Å². The highest BCUT2D eigenvalue weighted by Crippen LogP contribution is 2.53. The third-order valence-electron chi connectivity index (χ3n) is 4.88. The lowest BCUT2D eigenvalue weighted by molar-refractivity contribution is -0.144. The van der Waals surface area contributed by atoms with Gasteiger partial charge in [0.05, 0.1) is 26.7 Å². The van der Waals surface area contributed by atoms with Crippen LogP contribution < -0.4 is 15.7 Å². The molecule has 1 heterocycles. The smallest absolute Gasteiger partial charge is 0.407 e. The van der Waals surface area contributed by atoms with E-state index in [4.69, 9.17) is 13.8 Å². The molecule has 13 nitrogen and oxygen atoms in total. The third kappa shape index (κ3) is 11.4. The summed E-state index contributed by atoms with van der Waals surface area (Å²) in [4.78, 5) is 59.3. The van der Waals surface area contributed by atoms with E-state index in [1.54, 1.807) is 20.8 Å². The van der Waals surface area contributed by atoms with E-state index >= 15 is 0 Å². The lowest BCUT2D eigenvalue weighted by atomic mass is 9.87. The van der Waals surface area contributed by atoms with Crippen molar-refractivity contribution < 1.29 is 47.1 Å². The molecule has 1 rings (SSSR count). The van der Waals surface area contributed by atoms with Gasteiger partial charge in [-0.25, -0.2) is 9.65 Å². The molecule has 206 valence electrons. The number of ether oxygens (including phenoxy) is 2. The van der Waals surface area contributed by atoms with Crippen molar-refractivity contribution in [2.24, 2.45) is 5.41 Å². The van der Waals surface area contributed by atoms with E-state index in [0.717, 1.165) is 11.8 Å². The number of thioether (sulfide) groups is 1. The van der Waals surface area contributed by atoms with E-state index in [1.807, 2.05) is 0 Å².